The first-order valence-corrected chi connectivity index (χ1v) is 6.35. The summed E-state index contributed by atoms with van der Waals surface area (Å²) in [4.78, 5) is 0. The van der Waals surface area contributed by atoms with E-state index in [1.165, 1.54) is 27.8 Å². The van der Waals surface area contributed by atoms with Gasteiger partial charge in [0.25, 0.3) is 0 Å². The van der Waals surface area contributed by atoms with Crippen molar-refractivity contribution in [1.82, 2.24) is 0 Å². The number of benzene rings is 1. The molecule has 17 heavy (non-hydrogen) atoms. The van der Waals surface area contributed by atoms with Crippen LogP contribution in [0.3, 0.4) is 0 Å². The third-order valence-electron chi connectivity index (χ3n) is 2.88. The predicted molar refractivity (Wildman–Crippen MR) is 77.4 cm³/mol. The van der Waals surface area contributed by atoms with E-state index in [0.29, 0.717) is 0 Å². The fraction of sp³-hybridized carbons (Fsp3) is 0.412. The zero-order valence-electron chi connectivity index (χ0n) is 11.5. The molecular formula is C17H24. The summed E-state index contributed by atoms with van der Waals surface area (Å²) in [5.74, 6) is 0. The van der Waals surface area contributed by atoms with Crippen LogP contribution >= 0.6 is 0 Å². The second-order valence-corrected chi connectivity index (χ2v) is 5.24. The van der Waals surface area contributed by atoms with Gasteiger partial charge in [-0.2, -0.15) is 0 Å². The highest BCUT2D eigenvalue weighted by molar-refractivity contribution is 5.30. The van der Waals surface area contributed by atoms with E-state index >= 15 is 0 Å². The van der Waals surface area contributed by atoms with Crippen molar-refractivity contribution in [2.24, 2.45) is 0 Å². The molecule has 0 aliphatic carbocycles. The largest absolute Gasteiger partial charge is 0.100 e. The number of hydrogen-bond acceptors (Lipinski definition) is 0. The molecule has 0 N–H and O–H groups in total. The SMILES string of the molecule is C=C(C)CCc1cc(C)cc(CCC(=C)C)c1. The Balaban J connectivity index is 2.71. The standard InChI is InChI=1S/C17H24/c1-13(2)6-8-16-10-15(5)11-17(12-16)9-7-14(3)4/h10-12H,1,3,6-9H2,2,4-5H3. The van der Waals surface area contributed by atoms with E-state index in [4.69, 9.17) is 0 Å². The normalized spacial score (nSPS) is 10.3. The number of rotatable bonds is 6. The monoisotopic (exact) mass is 228 g/mol. The van der Waals surface area contributed by atoms with Crippen LogP contribution in [0.15, 0.2) is 42.5 Å². The maximum atomic E-state index is 3.96. The summed E-state index contributed by atoms with van der Waals surface area (Å²) in [7, 11) is 0. The fourth-order valence-corrected chi connectivity index (χ4v) is 1.95. The van der Waals surface area contributed by atoms with Gasteiger partial charge in [0.1, 0.15) is 0 Å². The van der Waals surface area contributed by atoms with Crippen molar-refractivity contribution in [2.45, 2.75) is 46.5 Å². The quantitative estimate of drug-likeness (QED) is 0.600. The lowest BCUT2D eigenvalue weighted by molar-refractivity contribution is 0.915. The van der Waals surface area contributed by atoms with Gasteiger partial charge in [-0.05, 0) is 57.6 Å². The molecule has 0 aromatic heterocycles. The van der Waals surface area contributed by atoms with Crippen molar-refractivity contribution in [2.75, 3.05) is 0 Å². The zero-order chi connectivity index (χ0) is 12.8. The molecule has 0 heteroatoms. The van der Waals surface area contributed by atoms with E-state index in [9.17, 15) is 0 Å². The molecule has 1 aromatic rings. The molecule has 0 aliphatic heterocycles. The Labute approximate surface area is 106 Å². The lowest BCUT2D eigenvalue weighted by Crippen LogP contribution is -1.93. The minimum atomic E-state index is 1.09. The first-order chi connectivity index (χ1) is 7.97. The first kappa shape index (κ1) is 13.8. The zero-order valence-corrected chi connectivity index (χ0v) is 11.5. The minimum absolute atomic E-state index is 1.09. The fourth-order valence-electron chi connectivity index (χ4n) is 1.95. The molecule has 0 saturated heterocycles. The number of hydrogen-bond donors (Lipinski definition) is 0. The highest BCUT2D eigenvalue weighted by Crippen LogP contribution is 2.16. The molecule has 1 rings (SSSR count). The van der Waals surface area contributed by atoms with Gasteiger partial charge in [-0.15, -0.1) is 13.2 Å². The van der Waals surface area contributed by atoms with Crippen LogP contribution < -0.4 is 0 Å². The third-order valence-corrected chi connectivity index (χ3v) is 2.88. The molecule has 1 aromatic carbocycles. The van der Waals surface area contributed by atoms with E-state index < -0.39 is 0 Å². The van der Waals surface area contributed by atoms with Crippen molar-refractivity contribution >= 4 is 0 Å². The van der Waals surface area contributed by atoms with Gasteiger partial charge in [-0.25, -0.2) is 0 Å². The number of allylic oxidation sites excluding steroid dienone is 2. The van der Waals surface area contributed by atoms with Crippen molar-refractivity contribution < 1.29 is 0 Å². The van der Waals surface area contributed by atoms with Gasteiger partial charge in [0.2, 0.25) is 0 Å². The molecule has 0 saturated carbocycles. The van der Waals surface area contributed by atoms with Gasteiger partial charge in [-0.1, -0.05) is 34.9 Å². The van der Waals surface area contributed by atoms with E-state index in [2.05, 4.69) is 52.1 Å². The molecule has 0 spiro atoms. The second-order valence-electron chi connectivity index (χ2n) is 5.24. The third kappa shape index (κ3) is 5.53. The van der Waals surface area contributed by atoms with Gasteiger partial charge in [-0.3, -0.25) is 0 Å². The summed E-state index contributed by atoms with van der Waals surface area (Å²) < 4.78 is 0. The molecule has 0 heterocycles. The molecule has 0 nitrogen and oxygen atoms in total. The van der Waals surface area contributed by atoms with Crippen LogP contribution in [-0.2, 0) is 12.8 Å². The second kappa shape index (κ2) is 6.44. The van der Waals surface area contributed by atoms with E-state index in [0.717, 1.165) is 25.7 Å². The molecule has 0 unspecified atom stereocenters. The van der Waals surface area contributed by atoms with Gasteiger partial charge in [0, 0.05) is 0 Å². The molecular weight excluding hydrogens is 204 g/mol. The summed E-state index contributed by atoms with van der Waals surface area (Å²) in [6.07, 6.45) is 4.39. The predicted octanol–water partition coefficient (Wildman–Crippen LogP) is 5.01. The molecule has 0 fully saturated rings. The van der Waals surface area contributed by atoms with Crippen LogP contribution in [0.5, 0.6) is 0 Å². The summed E-state index contributed by atoms with van der Waals surface area (Å²) in [6.45, 7) is 14.3. The van der Waals surface area contributed by atoms with Gasteiger partial charge in [0.05, 0.1) is 0 Å². The maximum Gasteiger partial charge on any atom is -0.0241 e. The molecule has 0 amide bonds. The average molecular weight is 228 g/mol. The molecule has 92 valence electrons. The van der Waals surface area contributed by atoms with Crippen LogP contribution in [0, 0.1) is 6.92 Å². The Morgan fingerprint density at radius 2 is 1.29 bits per heavy atom. The highest BCUT2D eigenvalue weighted by atomic mass is 14.1. The topological polar surface area (TPSA) is 0 Å². The van der Waals surface area contributed by atoms with Crippen LogP contribution in [0.25, 0.3) is 0 Å². The van der Waals surface area contributed by atoms with Crippen LogP contribution in [-0.4, -0.2) is 0 Å². The summed E-state index contributed by atoms with van der Waals surface area (Å²) in [6, 6.07) is 6.90. The van der Waals surface area contributed by atoms with Crippen LogP contribution in [0.4, 0.5) is 0 Å². The van der Waals surface area contributed by atoms with E-state index in [-0.39, 0.29) is 0 Å². The summed E-state index contributed by atoms with van der Waals surface area (Å²) in [5.41, 5.74) is 6.75. The Morgan fingerprint density at radius 3 is 1.65 bits per heavy atom. The maximum absolute atomic E-state index is 3.96. The van der Waals surface area contributed by atoms with Crippen molar-refractivity contribution in [3.05, 3.63) is 59.2 Å². The van der Waals surface area contributed by atoms with Crippen molar-refractivity contribution in [3.63, 3.8) is 0 Å². The van der Waals surface area contributed by atoms with Gasteiger partial charge < -0.3 is 0 Å². The molecule has 0 atom stereocenters. The van der Waals surface area contributed by atoms with Crippen LogP contribution in [0.1, 0.15) is 43.4 Å². The Bertz CT molecular complexity index is 374. The Morgan fingerprint density at radius 1 is 0.882 bits per heavy atom. The molecule has 0 radical (unpaired) electrons. The summed E-state index contributed by atoms with van der Waals surface area (Å²) >= 11 is 0. The smallest absolute Gasteiger partial charge is 0.0241 e. The lowest BCUT2D eigenvalue weighted by atomic mass is 9.98. The van der Waals surface area contributed by atoms with E-state index in [1.807, 2.05) is 0 Å². The molecule has 0 aliphatic rings. The Hall–Kier alpha value is -1.30. The highest BCUT2D eigenvalue weighted by Gasteiger charge is 2.00. The summed E-state index contributed by atoms with van der Waals surface area (Å²) in [5, 5.41) is 0. The average Bonchev–Trinajstić information content (AvgIpc) is 2.23. The van der Waals surface area contributed by atoms with Crippen molar-refractivity contribution in [3.8, 4) is 0 Å². The van der Waals surface area contributed by atoms with Gasteiger partial charge in [0.15, 0.2) is 0 Å². The van der Waals surface area contributed by atoms with E-state index in [1.54, 1.807) is 0 Å². The molecule has 0 bridgehead atoms. The number of aryl methyl sites for hydroxylation is 3. The first-order valence-electron chi connectivity index (χ1n) is 6.35. The van der Waals surface area contributed by atoms with Gasteiger partial charge >= 0.3 is 0 Å². The lowest BCUT2D eigenvalue weighted by Gasteiger charge is -2.08. The van der Waals surface area contributed by atoms with Crippen molar-refractivity contribution in [1.29, 1.82) is 0 Å². The Kier molecular flexibility index (Phi) is 5.21. The minimum Gasteiger partial charge on any atom is -0.100 e. The van der Waals surface area contributed by atoms with Crippen LogP contribution in [0.2, 0.25) is 0 Å².